The Morgan fingerprint density at radius 1 is 1.19 bits per heavy atom. The number of nitrogens with one attached hydrogen (secondary N) is 1. The number of nitrogens with zero attached hydrogens (tertiary/aromatic N) is 2. The highest BCUT2D eigenvalue weighted by molar-refractivity contribution is 6.02. The number of halogens is 2. The van der Waals surface area contributed by atoms with Crippen molar-refractivity contribution in [2.24, 2.45) is 33.5 Å². The molecular weight excluding hydrogens is 542 g/mol. The van der Waals surface area contributed by atoms with E-state index in [4.69, 9.17) is 15.5 Å². The number of methoxy groups -OCH3 is 1. The van der Waals surface area contributed by atoms with E-state index < -0.39 is 5.92 Å². The summed E-state index contributed by atoms with van der Waals surface area (Å²) in [7, 11) is 1.68. The monoisotopic (exact) mass is 598 g/mol. The molecule has 7 heteroatoms. The smallest absolute Gasteiger partial charge is 0.286 e. The van der Waals surface area contributed by atoms with Gasteiger partial charge in [0.25, 0.3) is 5.92 Å². The fourth-order valence-electron chi connectivity index (χ4n) is 4.00. The Labute approximate surface area is 260 Å². The number of aliphatic imine (C=N–C) groups is 2. The molecule has 1 saturated carbocycles. The first-order chi connectivity index (χ1) is 20.3. The summed E-state index contributed by atoms with van der Waals surface area (Å²) in [4.78, 5) is 9.14. The lowest BCUT2D eigenvalue weighted by molar-refractivity contribution is 0.0619. The van der Waals surface area contributed by atoms with E-state index in [-0.39, 0.29) is 11.6 Å². The topological polar surface area (TPSA) is 72.0 Å². The van der Waals surface area contributed by atoms with Gasteiger partial charge in [-0.3, -0.25) is 9.98 Å². The van der Waals surface area contributed by atoms with E-state index in [0.29, 0.717) is 18.2 Å². The zero-order valence-electron chi connectivity index (χ0n) is 28.1. The number of alkyl halides is 2. The number of ether oxygens (including phenoxy) is 1. The number of rotatable bonds is 16. The van der Waals surface area contributed by atoms with Crippen molar-refractivity contribution < 1.29 is 13.5 Å². The molecule has 0 spiro atoms. The van der Waals surface area contributed by atoms with Gasteiger partial charge in [0.2, 0.25) is 0 Å². The van der Waals surface area contributed by atoms with Gasteiger partial charge < -0.3 is 15.8 Å². The molecule has 240 valence electrons. The molecule has 1 aliphatic rings. The molecule has 43 heavy (non-hydrogen) atoms. The van der Waals surface area contributed by atoms with Gasteiger partial charge in [0.1, 0.15) is 5.70 Å². The van der Waals surface area contributed by atoms with E-state index >= 15 is 0 Å². The van der Waals surface area contributed by atoms with E-state index in [1.54, 1.807) is 14.0 Å². The lowest BCUT2D eigenvalue weighted by Crippen LogP contribution is -2.18. The average Bonchev–Trinajstić information content (AvgIpc) is 3.80. The maximum atomic E-state index is 14.0. The summed E-state index contributed by atoms with van der Waals surface area (Å²) in [5, 5.41) is 3.37. The highest BCUT2D eigenvalue weighted by Crippen LogP contribution is 2.36. The largest absolute Gasteiger partial charge is 0.504 e. The molecule has 3 N–H and O–H groups in total. The first-order valence-electron chi connectivity index (χ1n) is 15.6. The second-order valence-corrected chi connectivity index (χ2v) is 11.8. The van der Waals surface area contributed by atoms with Gasteiger partial charge in [0.15, 0.2) is 0 Å². The van der Waals surface area contributed by atoms with Crippen LogP contribution in [0.15, 0.2) is 81.9 Å². The number of hydrogen-bond donors (Lipinski definition) is 2. The number of allylic oxidation sites excluding steroid dienone is 4. The van der Waals surface area contributed by atoms with E-state index in [9.17, 15) is 8.78 Å². The molecule has 1 unspecified atom stereocenters. The molecule has 5 nitrogen and oxygen atoms in total. The Hall–Kier alpha value is -3.06. The number of hydrogen-bond acceptors (Lipinski definition) is 5. The molecule has 1 aliphatic carbocycles. The first-order valence-corrected chi connectivity index (χ1v) is 15.6. The van der Waals surface area contributed by atoms with Gasteiger partial charge >= 0.3 is 0 Å². The molecule has 0 amide bonds. The summed E-state index contributed by atoms with van der Waals surface area (Å²) < 4.78 is 33.2. The predicted molar refractivity (Wildman–Crippen MR) is 181 cm³/mol. The fraction of sp³-hybridized carbons (Fsp3) is 0.556. The van der Waals surface area contributed by atoms with Gasteiger partial charge in [-0.25, -0.2) is 0 Å². The van der Waals surface area contributed by atoms with E-state index in [1.165, 1.54) is 24.5 Å². The van der Waals surface area contributed by atoms with Crippen LogP contribution in [0, 0.1) is 17.8 Å². The molecule has 0 radical (unpaired) electrons. The minimum absolute atomic E-state index is 0.0564. The Bertz CT molecular complexity index is 1150. The third-order valence-electron chi connectivity index (χ3n) is 7.33. The SMILES string of the molecule is C=C(NCc1ccc(C(=N/C(=C\C)C(C)(F)F)C(C)CC)cc1)\C(C)=C/N=C(CC)\C(=C/OC)CC1CC1.CC(C)CN. The molecule has 1 aromatic carbocycles. The number of nitrogens with two attached hydrogens (primary N) is 1. The van der Waals surface area contributed by atoms with Crippen LogP contribution in [0.4, 0.5) is 8.78 Å². The summed E-state index contributed by atoms with van der Waals surface area (Å²) in [5.74, 6) is -1.51. The Morgan fingerprint density at radius 3 is 2.23 bits per heavy atom. The van der Waals surface area contributed by atoms with Crippen molar-refractivity contribution in [1.29, 1.82) is 0 Å². The van der Waals surface area contributed by atoms with Crippen molar-refractivity contribution in [3.05, 3.63) is 83.0 Å². The van der Waals surface area contributed by atoms with Gasteiger partial charge in [-0.1, -0.05) is 71.5 Å². The molecule has 1 atom stereocenters. The van der Waals surface area contributed by atoms with Gasteiger partial charge in [0.05, 0.1) is 19.1 Å². The van der Waals surface area contributed by atoms with E-state index in [2.05, 4.69) is 37.7 Å². The molecular formula is C36H56F2N4O. The summed E-state index contributed by atoms with van der Waals surface area (Å²) in [6.07, 6.45) is 10.3. The third-order valence-corrected chi connectivity index (χ3v) is 7.33. The zero-order chi connectivity index (χ0) is 32.6. The summed E-state index contributed by atoms with van der Waals surface area (Å²) >= 11 is 0. The van der Waals surface area contributed by atoms with Crippen molar-refractivity contribution in [2.75, 3.05) is 13.7 Å². The fourth-order valence-corrected chi connectivity index (χ4v) is 4.00. The maximum Gasteiger partial charge on any atom is 0.286 e. The van der Waals surface area contributed by atoms with Gasteiger partial charge in [-0.05, 0) is 87.0 Å². The predicted octanol–water partition coefficient (Wildman–Crippen LogP) is 9.37. The summed E-state index contributed by atoms with van der Waals surface area (Å²) in [6.45, 7) is 20.4. The minimum atomic E-state index is -2.98. The molecule has 1 fully saturated rings. The minimum Gasteiger partial charge on any atom is -0.504 e. The van der Waals surface area contributed by atoms with Crippen LogP contribution in [0.1, 0.15) is 98.6 Å². The van der Waals surface area contributed by atoms with Crippen LogP contribution in [-0.4, -0.2) is 31.0 Å². The van der Waals surface area contributed by atoms with Gasteiger partial charge in [-0.15, -0.1) is 0 Å². The highest BCUT2D eigenvalue weighted by Gasteiger charge is 2.28. The van der Waals surface area contributed by atoms with Crippen molar-refractivity contribution in [3.8, 4) is 0 Å². The quantitative estimate of drug-likeness (QED) is 0.113. The Morgan fingerprint density at radius 2 is 1.79 bits per heavy atom. The average molecular weight is 599 g/mol. The van der Waals surface area contributed by atoms with Crippen LogP contribution in [0.5, 0.6) is 0 Å². The molecule has 0 saturated heterocycles. The molecule has 1 aromatic rings. The van der Waals surface area contributed by atoms with Crippen LogP contribution < -0.4 is 11.1 Å². The van der Waals surface area contributed by atoms with Crippen LogP contribution >= 0.6 is 0 Å². The van der Waals surface area contributed by atoms with Crippen molar-refractivity contribution in [3.63, 3.8) is 0 Å². The lowest BCUT2D eigenvalue weighted by Gasteiger charge is -2.18. The summed E-state index contributed by atoms with van der Waals surface area (Å²) in [6, 6.07) is 7.91. The summed E-state index contributed by atoms with van der Waals surface area (Å²) in [5.41, 5.74) is 11.5. The third kappa shape index (κ3) is 14.3. The normalized spacial score (nSPS) is 16.1. The van der Waals surface area contributed by atoms with Crippen LogP contribution in [0.2, 0.25) is 0 Å². The molecule has 0 aliphatic heterocycles. The second-order valence-electron chi connectivity index (χ2n) is 11.8. The van der Waals surface area contributed by atoms with Crippen molar-refractivity contribution in [2.45, 2.75) is 100.0 Å². The van der Waals surface area contributed by atoms with Crippen LogP contribution in [-0.2, 0) is 11.3 Å². The van der Waals surface area contributed by atoms with Crippen molar-refractivity contribution >= 4 is 11.4 Å². The zero-order valence-corrected chi connectivity index (χ0v) is 28.1. The first kappa shape index (κ1) is 38.0. The maximum absolute atomic E-state index is 14.0. The molecule has 0 bridgehead atoms. The molecule has 2 rings (SSSR count). The number of benzene rings is 1. The van der Waals surface area contributed by atoms with Gasteiger partial charge in [-0.2, -0.15) is 8.78 Å². The Kier molecular flexibility index (Phi) is 17.0. The van der Waals surface area contributed by atoms with Crippen molar-refractivity contribution in [1.82, 2.24) is 5.32 Å². The van der Waals surface area contributed by atoms with E-state index in [0.717, 1.165) is 66.8 Å². The molecule has 0 aromatic heterocycles. The standard InChI is InChI=1S/C32H45F2N3O.C4H11N/c1-9-22(4)31(37-30(11-3)32(7,33)34)27-16-14-26(15-17-27)20-35-24(6)23(5)19-36-29(10-2)28(21-38-8)18-25-12-13-25;1-4(2)3-5/h11,14-17,19,21-22,25,35H,6,9-10,12-13,18,20H2,1-5,7-8H3;4H,3,5H2,1-2H3/b23-19-,28-21-,30-11-,36-29-,37-31?;. The van der Waals surface area contributed by atoms with E-state index in [1.807, 2.05) is 57.5 Å². The van der Waals surface area contributed by atoms with Crippen LogP contribution in [0.3, 0.4) is 0 Å². The lowest BCUT2D eigenvalue weighted by atomic mass is 9.95. The molecule has 0 heterocycles. The highest BCUT2D eigenvalue weighted by atomic mass is 19.3. The van der Waals surface area contributed by atoms with Gasteiger partial charge in [0, 0.05) is 36.7 Å². The second kappa shape index (κ2) is 19.3. The van der Waals surface area contributed by atoms with Crippen LogP contribution in [0.25, 0.3) is 0 Å². The Balaban J connectivity index is 0.00000170.